The van der Waals surface area contributed by atoms with Crippen molar-refractivity contribution < 1.29 is 13.2 Å². The van der Waals surface area contributed by atoms with Crippen LogP contribution in [0, 0.1) is 0 Å². The quantitative estimate of drug-likeness (QED) is 0.547. The summed E-state index contributed by atoms with van der Waals surface area (Å²) in [6.07, 6.45) is 4.90. The standard InChI is InChI=1S/C19H17BrN4O3S3/c1-30(26,27)19(4-5-19)15-22-14(29-24-15)13(25)23-18-7-17(8-18,9-18)16-21-11-6-10(20)2-3-12(11)28-16/h2-3,6H,4-5,7-9H2,1H3,(H,23,25). The molecule has 4 aliphatic rings. The van der Waals surface area contributed by atoms with Crippen LogP contribution in [0.2, 0.25) is 0 Å². The topological polar surface area (TPSA) is 102 Å². The van der Waals surface area contributed by atoms with E-state index in [4.69, 9.17) is 4.98 Å². The third kappa shape index (κ3) is 2.61. The van der Waals surface area contributed by atoms with Crippen LogP contribution in [0.4, 0.5) is 0 Å². The van der Waals surface area contributed by atoms with Crippen molar-refractivity contribution in [2.45, 2.75) is 47.8 Å². The summed E-state index contributed by atoms with van der Waals surface area (Å²) in [5.74, 6) is 0.0134. The smallest absolute Gasteiger partial charge is 0.282 e. The molecular formula is C19H17BrN4O3S3. The van der Waals surface area contributed by atoms with E-state index in [0.29, 0.717) is 12.8 Å². The van der Waals surface area contributed by atoms with Gasteiger partial charge in [0.1, 0.15) is 9.75 Å². The third-order valence-electron chi connectivity index (χ3n) is 6.65. The summed E-state index contributed by atoms with van der Waals surface area (Å²) in [7, 11) is -3.29. The van der Waals surface area contributed by atoms with Crippen molar-refractivity contribution in [2.24, 2.45) is 0 Å². The number of carbonyl (C=O) groups is 1. The Morgan fingerprint density at radius 3 is 2.60 bits per heavy atom. The summed E-state index contributed by atoms with van der Waals surface area (Å²) in [4.78, 5) is 21.9. The number of amides is 1. The van der Waals surface area contributed by atoms with E-state index in [0.717, 1.165) is 45.8 Å². The van der Waals surface area contributed by atoms with E-state index in [-0.39, 0.29) is 27.7 Å². The minimum atomic E-state index is -3.29. The van der Waals surface area contributed by atoms with Crippen LogP contribution in [-0.4, -0.2) is 40.5 Å². The number of rotatable bonds is 5. The Kier molecular flexibility index (Phi) is 3.77. The molecule has 0 saturated heterocycles. The monoisotopic (exact) mass is 524 g/mol. The highest BCUT2D eigenvalue weighted by Crippen LogP contribution is 2.68. The van der Waals surface area contributed by atoms with Gasteiger partial charge < -0.3 is 5.32 Å². The maximum Gasteiger partial charge on any atom is 0.282 e. The number of benzene rings is 1. The lowest BCUT2D eigenvalue weighted by Crippen LogP contribution is -2.76. The van der Waals surface area contributed by atoms with Gasteiger partial charge in [0.2, 0.25) is 5.01 Å². The summed E-state index contributed by atoms with van der Waals surface area (Å²) in [6, 6.07) is 6.15. The van der Waals surface area contributed by atoms with Crippen molar-refractivity contribution in [3.05, 3.63) is 38.5 Å². The second-order valence-electron chi connectivity index (χ2n) is 8.87. The number of nitrogens with one attached hydrogen (secondary N) is 1. The van der Waals surface area contributed by atoms with Crippen LogP contribution in [0.3, 0.4) is 0 Å². The molecule has 7 rings (SSSR count). The second kappa shape index (κ2) is 5.87. The van der Waals surface area contributed by atoms with Crippen LogP contribution in [0.25, 0.3) is 10.2 Å². The average Bonchev–Trinajstić information content (AvgIpc) is 3.11. The zero-order chi connectivity index (χ0) is 20.9. The first-order valence-electron chi connectivity index (χ1n) is 9.57. The number of aromatic nitrogens is 3. The highest BCUT2D eigenvalue weighted by Gasteiger charge is 2.70. The summed E-state index contributed by atoms with van der Waals surface area (Å²) < 4.78 is 29.5. The molecule has 1 aromatic carbocycles. The van der Waals surface area contributed by atoms with Gasteiger partial charge in [0.05, 0.1) is 10.2 Å². The molecule has 3 aromatic rings. The van der Waals surface area contributed by atoms with Crippen molar-refractivity contribution in [3.63, 3.8) is 0 Å². The number of hydrogen-bond acceptors (Lipinski definition) is 8. The van der Waals surface area contributed by atoms with Crippen molar-refractivity contribution >= 4 is 64.8 Å². The largest absolute Gasteiger partial charge is 0.344 e. The molecule has 1 N–H and O–H groups in total. The fourth-order valence-corrected chi connectivity index (χ4v) is 8.40. The predicted molar refractivity (Wildman–Crippen MR) is 119 cm³/mol. The predicted octanol–water partition coefficient (Wildman–Crippen LogP) is 3.55. The molecule has 4 aliphatic carbocycles. The Hall–Kier alpha value is -1.43. The normalized spacial score (nSPS) is 28.6. The summed E-state index contributed by atoms with van der Waals surface area (Å²) in [5, 5.41) is 4.51. The summed E-state index contributed by atoms with van der Waals surface area (Å²) >= 11 is 6.21. The molecule has 0 radical (unpaired) electrons. The van der Waals surface area contributed by atoms with E-state index in [1.165, 1.54) is 11.0 Å². The Labute approximate surface area is 189 Å². The van der Waals surface area contributed by atoms with Gasteiger partial charge in [-0.25, -0.2) is 18.4 Å². The van der Waals surface area contributed by atoms with E-state index < -0.39 is 14.6 Å². The van der Waals surface area contributed by atoms with Gasteiger partial charge >= 0.3 is 0 Å². The molecule has 30 heavy (non-hydrogen) atoms. The zero-order valence-corrected chi connectivity index (χ0v) is 20.0. The first-order chi connectivity index (χ1) is 14.1. The first kappa shape index (κ1) is 19.3. The Bertz CT molecular complexity index is 1320. The minimum Gasteiger partial charge on any atom is -0.344 e. The zero-order valence-electron chi connectivity index (χ0n) is 15.9. The molecule has 7 nitrogen and oxygen atoms in total. The Balaban J connectivity index is 1.16. The molecule has 0 aliphatic heterocycles. The first-order valence-corrected chi connectivity index (χ1v) is 13.8. The van der Waals surface area contributed by atoms with Crippen LogP contribution in [0.15, 0.2) is 22.7 Å². The van der Waals surface area contributed by atoms with Crippen molar-refractivity contribution in [2.75, 3.05) is 6.26 Å². The SMILES string of the molecule is CS(=O)(=O)C1(c2nsc(C(=O)NC34CC(c5nc6cc(Br)ccc6s5)(C3)C4)n2)CC1. The number of thiazole rings is 1. The van der Waals surface area contributed by atoms with E-state index in [9.17, 15) is 13.2 Å². The molecule has 11 heteroatoms. The van der Waals surface area contributed by atoms with Gasteiger partial charge in [-0.3, -0.25) is 4.79 Å². The van der Waals surface area contributed by atoms with Gasteiger partial charge in [-0.1, -0.05) is 15.9 Å². The summed E-state index contributed by atoms with van der Waals surface area (Å²) in [5.41, 5.74) is 0.882. The molecular weight excluding hydrogens is 508 g/mol. The fourth-order valence-electron chi connectivity index (χ4n) is 4.94. The number of halogens is 1. The van der Waals surface area contributed by atoms with E-state index >= 15 is 0 Å². The Morgan fingerprint density at radius 2 is 1.93 bits per heavy atom. The molecule has 1 amide bonds. The van der Waals surface area contributed by atoms with E-state index in [1.54, 1.807) is 11.3 Å². The summed E-state index contributed by atoms with van der Waals surface area (Å²) in [6.45, 7) is 0. The van der Waals surface area contributed by atoms with Gasteiger partial charge in [-0.05, 0) is 61.8 Å². The van der Waals surface area contributed by atoms with Crippen LogP contribution in [0.5, 0.6) is 0 Å². The maximum atomic E-state index is 12.7. The van der Waals surface area contributed by atoms with E-state index in [2.05, 4.69) is 36.7 Å². The molecule has 156 valence electrons. The number of nitrogens with zero attached hydrogens (tertiary/aromatic N) is 3. The number of sulfone groups is 1. The highest BCUT2D eigenvalue weighted by atomic mass is 79.9. The van der Waals surface area contributed by atoms with Crippen LogP contribution < -0.4 is 5.32 Å². The lowest BCUT2D eigenvalue weighted by molar-refractivity contribution is -0.0807. The fraction of sp³-hybridized carbons (Fsp3) is 0.474. The van der Waals surface area contributed by atoms with Crippen molar-refractivity contribution in [3.8, 4) is 0 Å². The lowest BCUT2D eigenvalue weighted by Gasteiger charge is -2.69. The van der Waals surface area contributed by atoms with Gasteiger partial charge in [0.15, 0.2) is 15.7 Å². The number of hydrogen-bond donors (Lipinski definition) is 1. The number of carbonyl (C=O) groups excluding carboxylic acids is 1. The van der Waals surface area contributed by atoms with Crippen molar-refractivity contribution in [1.29, 1.82) is 0 Å². The average molecular weight is 525 g/mol. The molecule has 4 fully saturated rings. The van der Waals surface area contributed by atoms with Gasteiger partial charge in [0, 0.05) is 21.7 Å². The lowest BCUT2D eigenvalue weighted by atomic mass is 9.39. The molecule has 2 aromatic heterocycles. The highest BCUT2D eigenvalue weighted by molar-refractivity contribution is 9.10. The van der Waals surface area contributed by atoms with Crippen LogP contribution in [0.1, 0.15) is 52.7 Å². The van der Waals surface area contributed by atoms with Gasteiger partial charge in [0.25, 0.3) is 5.91 Å². The van der Waals surface area contributed by atoms with Crippen LogP contribution >= 0.6 is 38.8 Å². The van der Waals surface area contributed by atoms with Gasteiger partial charge in [-0.2, -0.15) is 4.37 Å². The van der Waals surface area contributed by atoms with Gasteiger partial charge in [-0.15, -0.1) is 11.3 Å². The molecule has 4 saturated carbocycles. The third-order valence-corrected chi connectivity index (χ3v) is 11.2. The number of fused-ring (bicyclic) bond motifs is 1. The molecule has 2 heterocycles. The Morgan fingerprint density at radius 1 is 1.20 bits per heavy atom. The maximum absolute atomic E-state index is 12.7. The second-order valence-corrected chi connectivity index (χ2v) is 13.9. The van der Waals surface area contributed by atoms with Crippen molar-refractivity contribution in [1.82, 2.24) is 19.7 Å². The molecule has 0 unspecified atom stereocenters. The minimum absolute atomic E-state index is 0.0735. The van der Waals surface area contributed by atoms with E-state index in [1.807, 2.05) is 12.1 Å². The van der Waals surface area contributed by atoms with Crippen LogP contribution in [-0.2, 0) is 20.0 Å². The molecule has 0 spiro atoms. The molecule has 0 atom stereocenters. The molecule has 2 bridgehead atoms.